The second-order valence-electron chi connectivity index (χ2n) is 10.9. The molecular formula is C27H35N4O7S+. The van der Waals surface area contributed by atoms with E-state index in [-0.39, 0.29) is 29.9 Å². The maximum Gasteiger partial charge on any atom is 0.527 e. The number of nitrogens with zero attached hydrogens (tertiary/aromatic N) is 4. The van der Waals surface area contributed by atoms with Gasteiger partial charge in [0.15, 0.2) is 21.3 Å². The molecule has 2 aliphatic rings. The number of quaternary nitrogens is 1. The van der Waals surface area contributed by atoms with E-state index in [9.17, 15) is 23.1 Å². The van der Waals surface area contributed by atoms with E-state index >= 15 is 0 Å². The quantitative estimate of drug-likeness (QED) is 0.523. The van der Waals surface area contributed by atoms with Crippen molar-refractivity contribution in [2.75, 3.05) is 37.5 Å². The molecule has 1 fully saturated rings. The Morgan fingerprint density at radius 2 is 1.95 bits per heavy atom. The minimum absolute atomic E-state index is 0.0175. The molecule has 1 saturated heterocycles. The van der Waals surface area contributed by atoms with Crippen molar-refractivity contribution >= 4 is 39.5 Å². The normalized spacial score (nSPS) is 21.3. The third kappa shape index (κ3) is 5.28. The number of carbonyl (C=O) groups excluding carboxylic acids is 1. The summed E-state index contributed by atoms with van der Waals surface area (Å²) in [4.78, 5) is 37.4. The lowest BCUT2D eigenvalue weighted by Crippen LogP contribution is -2.64. The Labute approximate surface area is 228 Å². The predicted octanol–water partition coefficient (Wildman–Crippen LogP) is 3.61. The molecule has 2 aliphatic heterocycles. The number of carbonyl (C=O) groups is 2. The van der Waals surface area contributed by atoms with Gasteiger partial charge >= 0.3 is 12.1 Å². The zero-order valence-electron chi connectivity index (χ0n) is 23.1. The van der Waals surface area contributed by atoms with Crippen LogP contribution in [0.3, 0.4) is 0 Å². The average molecular weight is 560 g/mol. The van der Waals surface area contributed by atoms with Crippen molar-refractivity contribution in [3.8, 4) is 11.4 Å². The minimum atomic E-state index is -3.39. The van der Waals surface area contributed by atoms with Gasteiger partial charge in [0.05, 0.1) is 37.3 Å². The van der Waals surface area contributed by atoms with Gasteiger partial charge in [0, 0.05) is 42.1 Å². The number of hydrogen-bond acceptors (Lipinski definition) is 9. The molecule has 3 heterocycles. The Morgan fingerprint density at radius 1 is 1.23 bits per heavy atom. The molecule has 39 heavy (non-hydrogen) atoms. The molecule has 1 aromatic heterocycles. The third-order valence-electron chi connectivity index (χ3n) is 6.91. The smallest absolute Gasteiger partial charge is 0.474 e. The van der Waals surface area contributed by atoms with Gasteiger partial charge in [-0.2, -0.15) is 4.79 Å². The van der Waals surface area contributed by atoms with Crippen LogP contribution in [0.5, 0.6) is 0 Å². The highest BCUT2D eigenvalue weighted by Crippen LogP contribution is 2.48. The number of fused-ring (bicyclic) bond motifs is 1. The van der Waals surface area contributed by atoms with Crippen molar-refractivity contribution in [3.05, 3.63) is 41.2 Å². The first-order chi connectivity index (χ1) is 18.2. The number of sulfone groups is 1. The Bertz CT molecular complexity index is 1450. The molecule has 2 aromatic rings. The summed E-state index contributed by atoms with van der Waals surface area (Å²) in [6, 6.07) is 6.87. The van der Waals surface area contributed by atoms with Gasteiger partial charge in [-0.15, -0.1) is 4.48 Å². The van der Waals surface area contributed by atoms with E-state index in [1.165, 1.54) is 6.08 Å². The standard InChI is InChI=1S/C27H34N4O7S/c1-7-38-26(34)31(27(3,4)5)21-13-19(9-8-18(21)12-22(31)25(32)33)24-28-20(16-39(6,35)36)14-23(29-24)30-10-11-37-15-17(30)2/h8-9,12-14,17H,7,10-11,15-16H2,1-6H3/p+1/t17-,31?/m0/s1. The highest BCUT2D eigenvalue weighted by atomic mass is 32.2. The number of morpholine rings is 1. The minimum Gasteiger partial charge on any atom is -0.474 e. The van der Waals surface area contributed by atoms with Crippen molar-refractivity contribution in [2.24, 2.45) is 0 Å². The lowest BCUT2D eigenvalue weighted by atomic mass is 9.98. The predicted molar refractivity (Wildman–Crippen MR) is 148 cm³/mol. The number of aromatic nitrogens is 2. The number of anilines is 1. The van der Waals surface area contributed by atoms with Crippen molar-refractivity contribution in [2.45, 2.75) is 52.0 Å². The van der Waals surface area contributed by atoms with Crippen LogP contribution >= 0.6 is 0 Å². The molecule has 4 rings (SSSR count). The number of aliphatic carboxylic acids is 1. The zero-order chi connectivity index (χ0) is 28.8. The first kappa shape index (κ1) is 28.7. The third-order valence-corrected chi connectivity index (χ3v) is 7.73. The van der Waals surface area contributed by atoms with Crippen LogP contribution in [0.1, 0.15) is 45.9 Å². The SMILES string of the molecule is CCOC(=O)[N+]1(C(C)(C)C)C(C(=O)O)=Cc2ccc(-c3nc(CS(C)(=O)=O)cc(N4CCOC[C@@H]4C)n3)cc21. The van der Waals surface area contributed by atoms with Crippen LogP contribution in [0.25, 0.3) is 17.5 Å². The molecule has 12 heteroatoms. The van der Waals surface area contributed by atoms with Crippen molar-refractivity contribution in [3.63, 3.8) is 0 Å². The van der Waals surface area contributed by atoms with Crippen LogP contribution in [-0.4, -0.2) is 79.8 Å². The highest BCUT2D eigenvalue weighted by Gasteiger charge is 2.60. The van der Waals surface area contributed by atoms with Crippen LogP contribution in [0.2, 0.25) is 0 Å². The van der Waals surface area contributed by atoms with Crippen molar-refractivity contribution in [1.29, 1.82) is 0 Å². The molecule has 2 atom stereocenters. The molecule has 11 nitrogen and oxygen atoms in total. The summed E-state index contributed by atoms with van der Waals surface area (Å²) in [5.74, 6) is -0.659. The maximum atomic E-state index is 13.6. The summed E-state index contributed by atoms with van der Waals surface area (Å²) in [5, 5.41) is 10.1. The molecule has 0 aliphatic carbocycles. The highest BCUT2D eigenvalue weighted by molar-refractivity contribution is 7.89. The summed E-state index contributed by atoms with van der Waals surface area (Å²) in [7, 11) is -3.39. The summed E-state index contributed by atoms with van der Waals surface area (Å²) < 4.78 is 34.7. The van der Waals surface area contributed by atoms with E-state index in [0.29, 0.717) is 48.1 Å². The van der Waals surface area contributed by atoms with Gasteiger partial charge in [0.1, 0.15) is 11.4 Å². The van der Waals surface area contributed by atoms with E-state index < -0.39 is 31.9 Å². The average Bonchev–Trinajstić information content (AvgIpc) is 3.19. The van der Waals surface area contributed by atoms with Crippen molar-refractivity contribution < 1.29 is 32.6 Å². The van der Waals surface area contributed by atoms with Gasteiger partial charge in [-0.05, 0) is 40.7 Å². The second kappa shape index (κ2) is 10.3. The molecule has 0 bridgehead atoms. The van der Waals surface area contributed by atoms with E-state index in [0.717, 1.165) is 6.26 Å². The Kier molecular flexibility index (Phi) is 7.58. The van der Waals surface area contributed by atoms with Crippen LogP contribution < -0.4 is 9.38 Å². The van der Waals surface area contributed by atoms with Crippen molar-refractivity contribution in [1.82, 2.24) is 14.5 Å². The van der Waals surface area contributed by atoms with E-state index in [4.69, 9.17) is 14.5 Å². The molecule has 0 radical (unpaired) electrons. The van der Waals surface area contributed by atoms with E-state index in [1.54, 1.807) is 52.0 Å². The molecule has 210 valence electrons. The van der Waals surface area contributed by atoms with E-state index in [1.807, 2.05) is 11.8 Å². The van der Waals surface area contributed by atoms with Crippen LogP contribution in [0.4, 0.5) is 16.3 Å². The monoisotopic (exact) mass is 559 g/mol. The van der Waals surface area contributed by atoms with Gasteiger partial charge in [0.25, 0.3) is 0 Å². The van der Waals surface area contributed by atoms with Gasteiger partial charge in [0.2, 0.25) is 5.70 Å². The zero-order valence-corrected chi connectivity index (χ0v) is 23.9. The summed E-state index contributed by atoms with van der Waals surface area (Å²) in [6.07, 6.45) is 1.93. The van der Waals surface area contributed by atoms with E-state index in [2.05, 4.69) is 4.98 Å². The fourth-order valence-corrected chi connectivity index (χ4v) is 5.94. The topological polar surface area (TPSA) is 136 Å². The number of benzene rings is 1. The lowest BCUT2D eigenvalue weighted by molar-refractivity contribution is -0.134. The fourth-order valence-electron chi connectivity index (χ4n) is 5.26. The molecular weight excluding hydrogens is 524 g/mol. The Morgan fingerprint density at radius 3 is 2.54 bits per heavy atom. The summed E-state index contributed by atoms with van der Waals surface area (Å²) >= 11 is 0. The van der Waals surface area contributed by atoms with Crippen LogP contribution in [-0.2, 0) is 29.9 Å². The number of hydrogen-bond donors (Lipinski definition) is 1. The lowest BCUT2D eigenvalue weighted by Gasteiger charge is -2.41. The van der Waals surface area contributed by atoms with Gasteiger partial charge in [-0.25, -0.2) is 23.2 Å². The summed E-state index contributed by atoms with van der Waals surface area (Å²) in [6.45, 7) is 10.7. The van der Waals surface area contributed by atoms with Crippen LogP contribution in [0, 0.1) is 0 Å². The maximum absolute atomic E-state index is 13.6. The molecule has 0 spiro atoms. The Hall–Kier alpha value is -3.35. The van der Waals surface area contributed by atoms with Gasteiger partial charge in [-0.1, -0.05) is 6.07 Å². The molecule has 1 aromatic carbocycles. The van der Waals surface area contributed by atoms with Gasteiger partial charge < -0.3 is 19.5 Å². The molecule has 1 unspecified atom stereocenters. The van der Waals surface area contributed by atoms with Crippen LogP contribution in [0.15, 0.2) is 30.0 Å². The van der Waals surface area contributed by atoms with Gasteiger partial charge in [-0.3, -0.25) is 0 Å². The number of ether oxygens (including phenoxy) is 2. The largest absolute Gasteiger partial charge is 0.527 e. The molecule has 1 amide bonds. The Balaban J connectivity index is 1.93. The molecule has 0 saturated carbocycles. The second-order valence-corrected chi connectivity index (χ2v) is 13.0. The number of carboxylic acids is 1. The first-order valence-corrected chi connectivity index (χ1v) is 14.8. The number of rotatable bonds is 6. The fraction of sp³-hybridized carbons (Fsp3) is 0.481. The first-order valence-electron chi connectivity index (χ1n) is 12.8. The number of carboxylic acid groups (broad SMARTS) is 1. The summed E-state index contributed by atoms with van der Waals surface area (Å²) in [5.41, 5.74) is 0.795. The number of amides is 1. The molecule has 1 N–H and O–H groups in total.